The third kappa shape index (κ3) is 2.93. The number of rotatable bonds is 4. The van der Waals surface area contributed by atoms with E-state index in [1.807, 2.05) is 0 Å². The zero-order valence-corrected chi connectivity index (χ0v) is 12.2. The second kappa shape index (κ2) is 4.74. The third-order valence-electron chi connectivity index (χ3n) is 2.88. The lowest BCUT2D eigenvalue weighted by molar-refractivity contribution is 0.0697. The Bertz CT molecular complexity index is 766. The zero-order chi connectivity index (χ0) is 15.1. The minimum absolute atomic E-state index is 0.0368. The Balaban J connectivity index is 2.45. The lowest BCUT2D eigenvalue weighted by atomic mass is 10.1. The minimum atomic E-state index is -4.02. The molecule has 1 aromatic carbocycles. The predicted molar refractivity (Wildman–Crippen MR) is 73.1 cm³/mol. The van der Waals surface area contributed by atoms with Crippen LogP contribution < -0.4 is 4.31 Å². The van der Waals surface area contributed by atoms with Crippen LogP contribution in [-0.2, 0) is 26.3 Å². The van der Waals surface area contributed by atoms with E-state index in [4.69, 9.17) is 5.11 Å². The lowest BCUT2D eigenvalue weighted by Crippen LogP contribution is -2.34. The van der Waals surface area contributed by atoms with Crippen LogP contribution in [0.1, 0.15) is 15.9 Å². The molecular weight excluding hydrogens is 306 g/mol. The van der Waals surface area contributed by atoms with Gasteiger partial charge in [-0.1, -0.05) is 6.07 Å². The number of carboxylic acids is 1. The molecular formula is C11H13NO6S2. The number of sulfonamides is 1. The molecule has 110 valence electrons. The Kier molecular flexibility index (Phi) is 3.51. The highest BCUT2D eigenvalue weighted by molar-refractivity contribution is 8.08. The van der Waals surface area contributed by atoms with Crippen LogP contribution in [0.5, 0.6) is 0 Å². The van der Waals surface area contributed by atoms with Crippen molar-refractivity contribution in [1.29, 1.82) is 0 Å². The molecule has 1 aromatic rings. The van der Waals surface area contributed by atoms with E-state index in [1.54, 1.807) is 6.07 Å². The maximum absolute atomic E-state index is 12.1. The number of anilines is 1. The summed E-state index contributed by atoms with van der Waals surface area (Å²) in [5, 5.41) is 7.94. The van der Waals surface area contributed by atoms with Gasteiger partial charge in [0.2, 0.25) is 10.0 Å². The summed E-state index contributed by atoms with van der Waals surface area (Å²) in [7, 11) is -7.72. The largest absolute Gasteiger partial charge is 0.478 e. The Hall–Kier alpha value is -1.61. The van der Waals surface area contributed by atoms with E-state index < -0.39 is 30.9 Å². The van der Waals surface area contributed by atoms with E-state index in [0.29, 0.717) is 12.0 Å². The molecule has 0 radical (unpaired) electrons. The summed E-state index contributed by atoms with van der Waals surface area (Å²) in [4.78, 5) is 10.9. The van der Waals surface area contributed by atoms with E-state index in [-0.39, 0.29) is 17.8 Å². The molecule has 0 amide bonds. The molecule has 1 heterocycles. The summed E-state index contributed by atoms with van der Waals surface area (Å²) in [5.74, 6) is -1.17. The van der Waals surface area contributed by atoms with Crippen molar-refractivity contribution in [3.05, 3.63) is 29.3 Å². The quantitative estimate of drug-likeness (QED) is 0.842. The van der Waals surface area contributed by atoms with Gasteiger partial charge in [0.05, 0.1) is 11.3 Å². The molecule has 1 N–H and O–H groups in total. The molecule has 0 unspecified atom stereocenters. The maximum Gasteiger partial charge on any atom is 0.335 e. The Labute approximate surface area is 116 Å². The topological polar surface area (TPSA) is 109 Å². The lowest BCUT2D eigenvalue weighted by Gasteiger charge is -2.19. The molecule has 20 heavy (non-hydrogen) atoms. The van der Waals surface area contributed by atoms with Crippen LogP contribution in [0.25, 0.3) is 0 Å². The second-order valence-corrected chi connectivity index (χ2v) is 9.03. The average molecular weight is 319 g/mol. The molecule has 2 rings (SSSR count). The molecule has 1 aliphatic heterocycles. The number of aromatic carboxylic acids is 1. The van der Waals surface area contributed by atoms with Gasteiger partial charge in [0, 0.05) is 12.8 Å². The summed E-state index contributed by atoms with van der Waals surface area (Å²) in [6, 6.07) is 4.20. The van der Waals surface area contributed by atoms with Crippen molar-refractivity contribution in [2.24, 2.45) is 0 Å². The molecule has 0 aliphatic carbocycles. The van der Waals surface area contributed by atoms with Gasteiger partial charge in [0.25, 0.3) is 0 Å². The number of carboxylic acid groups (broad SMARTS) is 1. The molecule has 0 bridgehead atoms. The van der Waals surface area contributed by atoms with Gasteiger partial charge in [-0.05, 0) is 24.1 Å². The van der Waals surface area contributed by atoms with Gasteiger partial charge < -0.3 is 5.11 Å². The van der Waals surface area contributed by atoms with Crippen LogP contribution in [0.4, 0.5) is 5.69 Å². The molecule has 1 aliphatic rings. The first kappa shape index (κ1) is 14.8. The van der Waals surface area contributed by atoms with Crippen LogP contribution in [0, 0.1) is 0 Å². The van der Waals surface area contributed by atoms with Crippen molar-refractivity contribution >= 4 is 31.5 Å². The highest BCUT2D eigenvalue weighted by atomic mass is 32.3. The Morgan fingerprint density at radius 3 is 2.50 bits per heavy atom. The molecule has 9 heteroatoms. The van der Waals surface area contributed by atoms with E-state index in [1.165, 1.54) is 12.1 Å². The first-order valence-electron chi connectivity index (χ1n) is 5.64. The van der Waals surface area contributed by atoms with Crippen LogP contribution in [0.15, 0.2) is 18.2 Å². The summed E-state index contributed by atoms with van der Waals surface area (Å²) in [6.45, 7) is 0.121. The SMILES string of the molecule is CS(=O)(=O)CS(=O)(=O)N1CCc2ccc(C(=O)O)cc21. The molecule has 0 spiro atoms. The number of sulfone groups is 1. The van der Waals surface area contributed by atoms with Gasteiger partial charge in [0.1, 0.15) is 0 Å². The van der Waals surface area contributed by atoms with E-state index in [2.05, 4.69) is 0 Å². The maximum atomic E-state index is 12.1. The second-order valence-electron chi connectivity index (χ2n) is 4.63. The van der Waals surface area contributed by atoms with Crippen molar-refractivity contribution in [2.75, 3.05) is 22.2 Å². The van der Waals surface area contributed by atoms with Gasteiger partial charge in [-0.25, -0.2) is 21.6 Å². The Morgan fingerprint density at radius 1 is 1.30 bits per heavy atom. The van der Waals surface area contributed by atoms with Gasteiger partial charge in [0.15, 0.2) is 14.9 Å². The van der Waals surface area contributed by atoms with Crippen molar-refractivity contribution in [1.82, 2.24) is 0 Å². The van der Waals surface area contributed by atoms with Crippen LogP contribution in [0.3, 0.4) is 0 Å². The number of fused-ring (bicyclic) bond motifs is 1. The first-order valence-corrected chi connectivity index (χ1v) is 9.31. The summed E-state index contributed by atoms with van der Waals surface area (Å²) in [5.41, 5.74) is 0.894. The number of hydrogen-bond acceptors (Lipinski definition) is 5. The highest BCUT2D eigenvalue weighted by Crippen LogP contribution is 2.31. The molecule has 0 saturated heterocycles. The van der Waals surface area contributed by atoms with Gasteiger partial charge >= 0.3 is 5.97 Å². The normalized spacial score (nSPS) is 15.2. The van der Waals surface area contributed by atoms with Crippen molar-refractivity contribution in [3.63, 3.8) is 0 Å². The van der Waals surface area contributed by atoms with Crippen LogP contribution in [0.2, 0.25) is 0 Å². The molecule has 7 nitrogen and oxygen atoms in total. The van der Waals surface area contributed by atoms with Crippen molar-refractivity contribution in [3.8, 4) is 0 Å². The smallest absolute Gasteiger partial charge is 0.335 e. The third-order valence-corrected chi connectivity index (χ3v) is 6.84. The summed E-state index contributed by atoms with van der Waals surface area (Å²) >= 11 is 0. The van der Waals surface area contributed by atoms with E-state index in [9.17, 15) is 21.6 Å². The molecule has 0 fully saturated rings. The van der Waals surface area contributed by atoms with E-state index in [0.717, 1.165) is 10.6 Å². The zero-order valence-electron chi connectivity index (χ0n) is 10.6. The number of nitrogens with zero attached hydrogens (tertiary/aromatic N) is 1. The van der Waals surface area contributed by atoms with Gasteiger partial charge in [-0.15, -0.1) is 0 Å². The van der Waals surface area contributed by atoms with Crippen molar-refractivity contribution in [2.45, 2.75) is 6.42 Å². The van der Waals surface area contributed by atoms with E-state index >= 15 is 0 Å². The summed E-state index contributed by atoms with van der Waals surface area (Å²) in [6.07, 6.45) is 1.27. The average Bonchev–Trinajstić information content (AvgIpc) is 2.68. The fraction of sp³-hybridized carbons (Fsp3) is 0.364. The monoisotopic (exact) mass is 319 g/mol. The van der Waals surface area contributed by atoms with Crippen LogP contribution >= 0.6 is 0 Å². The number of hydrogen-bond donors (Lipinski definition) is 1. The standard InChI is InChI=1S/C11H13NO6S2/c1-19(15,16)7-20(17,18)12-5-4-8-2-3-9(11(13)14)6-10(8)12/h2-3,6H,4-5,7H2,1H3,(H,13,14). The Morgan fingerprint density at radius 2 is 1.95 bits per heavy atom. The summed E-state index contributed by atoms with van der Waals surface area (Å²) < 4.78 is 47.5. The van der Waals surface area contributed by atoms with Crippen LogP contribution in [-0.4, -0.2) is 45.8 Å². The minimum Gasteiger partial charge on any atom is -0.478 e. The predicted octanol–water partition coefficient (Wildman–Crippen LogP) is 0.0792. The number of benzene rings is 1. The fourth-order valence-electron chi connectivity index (χ4n) is 2.11. The molecule has 0 atom stereocenters. The molecule has 0 aromatic heterocycles. The number of carbonyl (C=O) groups is 1. The first-order chi connectivity index (χ1) is 9.10. The molecule has 0 saturated carbocycles. The van der Waals surface area contributed by atoms with Gasteiger partial charge in [-0.2, -0.15) is 0 Å². The van der Waals surface area contributed by atoms with Gasteiger partial charge in [-0.3, -0.25) is 4.31 Å². The highest BCUT2D eigenvalue weighted by Gasteiger charge is 2.32. The van der Waals surface area contributed by atoms with Crippen molar-refractivity contribution < 1.29 is 26.7 Å². The fourth-order valence-corrected chi connectivity index (χ4v) is 5.62.